The van der Waals surface area contributed by atoms with E-state index in [1.807, 2.05) is 0 Å². The molecule has 2 fully saturated rings. The minimum Gasteiger partial charge on any atom is -0.394 e. The average Bonchev–Trinajstić information content (AvgIpc) is 2.79. The van der Waals surface area contributed by atoms with Crippen molar-refractivity contribution in [3.8, 4) is 0 Å². The van der Waals surface area contributed by atoms with Crippen molar-refractivity contribution in [1.82, 2.24) is 5.32 Å². The van der Waals surface area contributed by atoms with Gasteiger partial charge in [0.05, 0.1) is 31.4 Å². The molecule has 14 atom stereocenters. The van der Waals surface area contributed by atoms with Gasteiger partial charge < -0.3 is 70.6 Å². The number of rotatable bonds is 6. The summed E-state index contributed by atoms with van der Waals surface area (Å²) in [6.07, 6.45) is -16.8. The highest BCUT2D eigenvalue weighted by Gasteiger charge is 2.50. The van der Waals surface area contributed by atoms with Gasteiger partial charge in [0.15, 0.2) is 12.6 Å². The molecule has 0 aromatic carbocycles. The van der Waals surface area contributed by atoms with E-state index in [-0.39, 0.29) is 5.57 Å². The number of hydrogen-bond acceptors (Lipinski definition) is 14. The van der Waals surface area contributed by atoms with E-state index >= 15 is 0 Å². The molecule has 0 saturated carbocycles. The van der Waals surface area contributed by atoms with Gasteiger partial charge in [-0.05, 0) is 12.5 Å². The Morgan fingerprint density at radius 1 is 0.848 bits per heavy atom. The number of ether oxygens (including phenoxy) is 3. The summed E-state index contributed by atoms with van der Waals surface area (Å²) in [6, 6.07) is -2.02. The summed E-state index contributed by atoms with van der Waals surface area (Å²) in [6.45, 7) is 0.249. The Labute approximate surface area is 188 Å². The summed E-state index contributed by atoms with van der Waals surface area (Å²) in [5.41, 5.74) is 0.0630. The molecule has 33 heavy (non-hydrogen) atoms. The zero-order valence-corrected chi connectivity index (χ0v) is 17.8. The Morgan fingerprint density at radius 3 is 2.12 bits per heavy atom. The van der Waals surface area contributed by atoms with Crippen molar-refractivity contribution in [2.75, 3.05) is 13.2 Å². The third-order valence-corrected chi connectivity index (χ3v) is 6.36. The maximum Gasteiger partial charge on any atom is 0.187 e. The quantitative estimate of drug-likeness (QED) is 0.157. The Morgan fingerprint density at radius 2 is 1.52 bits per heavy atom. The van der Waals surface area contributed by atoms with Crippen LogP contribution in [0.2, 0.25) is 0 Å². The molecule has 192 valence electrons. The van der Waals surface area contributed by atoms with Crippen LogP contribution in [-0.2, 0) is 14.2 Å². The second-order valence-corrected chi connectivity index (χ2v) is 8.56. The normalized spacial score (nSPS) is 51.3. The fourth-order valence-electron chi connectivity index (χ4n) is 4.33. The van der Waals surface area contributed by atoms with Crippen LogP contribution in [0, 0.1) is 0 Å². The van der Waals surface area contributed by atoms with Crippen LogP contribution in [0.1, 0.15) is 6.92 Å². The molecule has 2 saturated heterocycles. The third kappa shape index (κ3) is 5.24. The molecule has 3 aliphatic rings. The van der Waals surface area contributed by atoms with Crippen molar-refractivity contribution in [1.29, 1.82) is 0 Å². The Hall–Kier alpha value is -0.820. The topological polar surface area (TPSA) is 242 Å². The summed E-state index contributed by atoms with van der Waals surface area (Å²) in [4.78, 5) is 0. The van der Waals surface area contributed by atoms with Crippen molar-refractivity contribution in [3.63, 3.8) is 0 Å². The summed E-state index contributed by atoms with van der Waals surface area (Å²) in [7, 11) is 0. The van der Waals surface area contributed by atoms with Gasteiger partial charge in [-0.15, -0.1) is 0 Å². The maximum atomic E-state index is 10.7. The van der Waals surface area contributed by atoms with Crippen molar-refractivity contribution in [3.05, 3.63) is 11.6 Å². The monoisotopic (exact) mass is 483 g/mol. The molecule has 2 aliphatic heterocycles. The Balaban J connectivity index is 1.71. The second kappa shape index (κ2) is 10.8. The van der Waals surface area contributed by atoms with Gasteiger partial charge in [0.2, 0.25) is 0 Å². The van der Waals surface area contributed by atoms with Crippen LogP contribution < -0.4 is 5.32 Å². The fraction of sp³-hybridized carbons (Fsp3) is 0.895. The van der Waals surface area contributed by atoms with E-state index in [1.165, 1.54) is 13.0 Å². The maximum absolute atomic E-state index is 10.7. The standard InChI is InChI=1S/C19H33NO13/c1-5-9(20-7-2-6(3-21)10(23)13(26)11(7)24)12(25)16(29)19(31-5)33-17-8(4-22)32-18(30)15(28)14(17)27/h2,5,7-30H,3-4H2,1H3/t5-,7+,8-,9-,10-,11+,12+,13+,14-,15-,16-,17-,18?,19-/m1/s1. The largest absolute Gasteiger partial charge is 0.394 e. The van der Waals surface area contributed by atoms with Gasteiger partial charge in [-0.25, -0.2) is 0 Å². The lowest BCUT2D eigenvalue weighted by Gasteiger charge is -2.47. The molecule has 2 heterocycles. The lowest BCUT2D eigenvalue weighted by molar-refractivity contribution is -0.345. The molecule has 0 aromatic rings. The van der Waals surface area contributed by atoms with Crippen LogP contribution in [-0.4, -0.2) is 150 Å². The summed E-state index contributed by atoms with van der Waals surface area (Å²) in [5, 5.41) is 103. The summed E-state index contributed by atoms with van der Waals surface area (Å²) < 4.78 is 16.1. The molecule has 0 aromatic heterocycles. The van der Waals surface area contributed by atoms with Crippen LogP contribution in [0.3, 0.4) is 0 Å². The predicted molar refractivity (Wildman–Crippen MR) is 105 cm³/mol. The highest BCUT2D eigenvalue weighted by atomic mass is 16.7. The van der Waals surface area contributed by atoms with Gasteiger partial charge in [-0.1, -0.05) is 6.08 Å². The van der Waals surface area contributed by atoms with Gasteiger partial charge in [0, 0.05) is 0 Å². The zero-order chi connectivity index (χ0) is 24.6. The van der Waals surface area contributed by atoms with Gasteiger partial charge in [0.25, 0.3) is 0 Å². The van der Waals surface area contributed by atoms with Crippen molar-refractivity contribution < 1.29 is 65.3 Å². The zero-order valence-electron chi connectivity index (χ0n) is 17.8. The van der Waals surface area contributed by atoms with Crippen LogP contribution in [0.4, 0.5) is 0 Å². The Kier molecular flexibility index (Phi) is 8.80. The number of aliphatic hydroxyl groups excluding tert-OH is 10. The second-order valence-electron chi connectivity index (χ2n) is 8.56. The summed E-state index contributed by atoms with van der Waals surface area (Å²) in [5.74, 6) is 0. The molecule has 14 nitrogen and oxygen atoms in total. The van der Waals surface area contributed by atoms with E-state index in [0.29, 0.717) is 0 Å². The predicted octanol–water partition coefficient (Wildman–Crippen LogP) is -6.39. The minimum absolute atomic E-state index is 0.0630. The lowest BCUT2D eigenvalue weighted by atomic mass is 9.86. The highest BCUT2D eigenvalue weighted by Crippen LogP contribution is 2.29. The number of aliphatic hydroxyl groups is 10. The fourth-order valence-corrected chi connectivity index (χ4v) is 4.33. The molecule has 0 amide bonds. The van der Waals surface area contributed by atoms with Crippen LogP contribution in [0.15, 0.2) is 11.6 Å². The van der Waals surface area contributed by atoms with Crippen LogP contribution in [0.25, 0.3) is 0 Å². The van der Waals surface area contributed by atoms with Gasteiger partial charge in [0.1, 0.15) is 54.9 Å². The van der Waals surface area contributed by atoms with Crippen LogP contribution in [0.5, 0.6) is 0 Å². The third-order valence-electron chi connectivity index (χ3n) is 6.36. The van der Waals surface area contributed by atoms with E-state index in [9.17, 15) is 51.1 Å². The highest BCUT2D eigenvalue weighted by molar-refractivity contribution is 5.22. The molecule has 14 heteroatoms. The smallest absolute Gasteiger partial charge is 0.187 e. The number of hydrogen-bond donors (Lipinski definition) is 11. The summed E-state index contributed by atoms with van der Waals surface area (Å²) >= 11 is 0. The SMILES string of the molecule is C[C@H]1O[C@H](O[C@H]2[C@H](O)[C@@H](O)C(O)O[C@@H]2CO)[C@H](O)[C@@H](O)[C@@H]1N[C@H]1C=C(CO)[C@@H](O)[C@H](O)[C@H]1O. The van der Waals surface area contributed by atoms with Gasteiger partial charge in [-0.3, -0.25) is 0 Å². The first-order chi connectivity index (χ1) is 15.5. The molecule has 1 unspecified atom stereocenters. The number of nitrogens with one attached hydrogen (secondary N) is 1. The van der Waals surface area contributed by atoms with Crippen molar-refractivity contribution in [2.24, 2.45) is 0 Å². The van der Waals surface area contributed by atoms with E-state index in [4.69, 9.17) is 14.2 Å². The molecule has 11 N–H and O–H groups in total. The molecular weight excluding hydrogens is 450 g/mol. The average molecular weight is 483 g/mol. The van der Waals surface area contributed by atoms with Gasteiger partial charge >= 0.3 is 0 Å². The van der Waals surface area contributed by atoms with Crippen LogP contribution >= 0.6 is 0 Å². The van der Waals surface area contributed by atoms with Gasteiger partial charge in [-0.2, -0.15) is 0 Å². The van der Waals surface area contributed by atoms with E-state index in [2.05, 4.69) is 5.32 Å². The first-order valence-electron chi connectivity index (χ1n) is 10.6. The van der Waals surface area contributed by atoms with Crippen molar-refractivity contribution in [2.45, 2.75) is 92.6 Å². The first-order valence-corrected chi connectivity index (χ1v) is 10.6. The molecule has 3 rings (SSSR count). The molecule has 0 radical (unpaired) electrons. The molecular formula is C19H33NO13. The molecule has 0 bridgehead atoms. The molecule has 0 spiro atoms. The van der Waals surface area contributed by atoms with E-state index < -0.39 is 98.9 Å². The molecule has 1 aliphatic carbocycles. The van der Waals surface area contributed by atoms with E-state index in [1.54, 1.807) is 0 Å². The lowest BCUT2D eigenvalue weighted by Crippen LogP contribution is -2.68. The van der Waals surface area contributed by atoms with E-state index in [0.717, 1.165) is 0 Å². The first kappa shape index (κ1) is 26.8. The Bertz CT molecular complexity index is 680. The van der Waals surface area contributed by atoms with Crippen molar-refractivity contribution >= 4 is 0 Å². The minimum atomic E-state index is -1.76.